The Bertz CT molecular complexity index is 979. The predicted octanol–water partition coefficient (Wildman–Crippen LogP) is 5.20. The van der Waals surface area contributed by atoms with E-state index in [0.717, 1.165) is 32.3 Å². The predicted molar refractivity (Wildman–Crippen MR) is 118 cm³/mol. The molecular weight excluding hydrogens is 384 g/mol. The first-order chi connectivity index (χ1) is 14.6. The molecule has 0 aliphatic rings. The van der Waals surface area contributed by atoms with Gasteiger partial charge in [-0.1, -0.05) is 0 Å². The molecule has 0 aliphatic heterocycles. The van der Waals surface area contributed by atoms with Gasteiger partial charge < -0.3 is 28.4 Å². The van der Waals surface area contributed by atoms with Crippen LogP contribution in [0, 0.1) is 0 Å². The van der Waals surface area contributed by atoms with E-state index in [1.807, 2.05) is 36.4 Å². The number of rotatable bonds is 6. The largest absolute Gasteiger partial charge is 0.493 e. The Labute approximate surface area is 174 Å². The van der Waals surface area contributed by atoms with Crippen LogP contribution in [0.2, 0.25) is 0 Å². The summed E-state index contributed by atoms with van der Waals surface area (Å²) in [4.78, 5) is 0. The summed E-state index contributed by atoms with van der Waals surface area (Å²) in [7, 11) is 9.78. The Balaban J connectivity index is 2.29. The van der Waals surface area contributed by atoms with E-state index in [-0.39, 0.29) is 0 Å². The number of hydrogen-bond acceptors (Lipinski definition) is 6. The zero-order valence-electron chi connectivity index (χ0n) is 17.9. The third-order valence-corrected chi connectivity index (χ3v) is 5.44. The summed E-state index contributed by atoms with van der Waals surface area (Å²) < 4.78 is 33.4. The molecule has 0 bridgehead atoms. The fraction of sp³-hybridized carbons (Fsp3) is 0.250. The lowest BCUT2D eigenvalue weighted by Gasteiger charge is -2.18. The summed E-state index contributed by atoms with van der Waals surface area (Å²) in [6.45, 7) is 0. The van der Waals surface area contributed by atoms with Crippen molar-refractivity contribution in [2.75, 3.05) is 42.7 Å². The molecule has 0 atom stereocenters. The van der Waals surface area contributed by atoms with E-state index in [4.69, 9.17) is 28.4 Å². The molecule has 0 aromatic heterocycles. The lowest BCUT2D eigenvalue weighted by molar-refractivity contribution is 0.355. The van der Waals surface area contributed by atoms with Crippen LogP contribution < -0.4 is 28.4 Å². The first-order valence-electron chi connectivity index (χ1n) is 9.39. The summed E-state index contributed by atoms with van der Waals surface area (Å²) in [6, 6.07) is 11.9. The highest BCUT2D eigenvalue weighted by Gasteiger charge is 2.18. The maximum Gasteiger partial charge on any atom is 0.161 e. The van der Waals surface area contributed by atoms with E-state index >= 15 is 0 Å². The molecule has 0 aliphatic carbocycles. The molecule has 6 heteroatoms. The summed E-state index contributed by atoms with van der Waals surface area (Å²) in [5, 5.41) is 6.02. The van der Waals surface area contributed by atoms with Crippen molar-refractivity contribution in [1.82, 2.24) is 0 Å². The molecule has 0 spiro atoms. The van der Waals surface area contributed by atoms with E-state index < -0.39 is 0 Å². The van der Waals surface area contributed by atoms with Crippen molar-refractivity contribution in [1.29, 1.82) is 0 Å². The van der Waals surface area contributed by atoms with E-state index in [1.54, 1.807) is 42.7 Å². The van der Waals surface area contributed by atoms with E-state index in [2.05, 4.69) is 0 Å². The van der Waals surface area contributed by atoms with Crippen molar-refractivity contribution < 1.29 is 28.4 Å². The minimum Gasteiger partial charge on any atom is -0.493 e. The number of hydrogen-bond donors (Lipinski definition) is 0. The minimum absolute atomic E-state index is 0.654. The average Bonchev–Trinajstić information content (AvgIpc) is 2.81. The Morgan fingerprint density at radius 1 is 0.300 bits per heavy atom. The molecule has 30 heavy (non-hydrogen) atoms. The quantitative estimate of drug-likeness (QED) is 0.409. The Morgan fingerprint density at radius 2 is 0.433 bits per heavy atom. The minimum atomic E-state index is 0.654. The highest BCUT2D eigenvalue weighted by Crippen LogP contribution is 2.46. The van der Waals surface area contributed by atoms with Gasteiger partial charge in [0.1, 0.15) is 0 Å². The van der Waals surface area contributed by atoms with E-state index in [9.17, 15) is 0 Å². The molecule has 0 saturated carbocycles. The molecule has 0 fully saturated rings. The van der Waals surface area contributed by atoms with Crippen LogP contribution in [0.4, 0.5) is 0 Å². The molecular formula is C24H24O6. The third-order valence-electron chi connectivity index (χ3n) is 5.44. The van der Waals surface area contributed by atoms with Gasteiger partial charge in [-0.25, -0.2) is 0 Å². The van der Waals surface area contributed by atoms with Gasteiger partial charge in [-0.2, -0.15) is 0 Å². The van der Waals surface area contributed by atoms with Crippen molar-refractivity contribution in [3.8, 4) is 34.5 Å². The fourth-order valence-electron chi connectivity index (χ4n) is 3.97. The molecule has 4 rings (SSSR count). The fourth-order valence-corrected chi connectivity index (χ4v) is 3.97. The summed E-state index contributed by atoms with van der Waals surface area (Å²) >= 11 is 0. The maximum atomic E-state index is 5.56. The highest BCUT2D eigenvalue weighted by molar-refractivity contribution is 6.26. The standard InChI is InChI=1S/C24H24O6/c1-25-19-7-13-14(8-20(19)26-2)16-10-22(28-4)24(30-6)12-18(16)17-11-23(29-5)21(27-3)9-15(13)17/h7-12H,1-6H3. The number of ether oxygens (including phenoxy) is 6. The van der Waals surface area contributed by atoms with Gasteiger partial charge in [0.15, 0.2) is 34.5 Å². The SMILES string of the molecule is COc1cc2c3cc(OC)c(OC)cc3c3cc(OC)c(OC)cc3c2cc1OC. The molecule has 6 nitrogen and oxygen atoms in total. The van der Waals surface area contributed by atoms with Crippen LogP contribution in [0.25, 0.3) is 32.3 Å². The first kappa shape index (κ1) is 19.8. The Morgan fingerprint density at radius 3 is 0.533 bits per heavy atom. The first-order valence-corrected chi connectivity index (χ1v) is 9.39. The molecule has 4 aromatic rings. The van der Waals surface area contributed by atoms with Gasteiger partial charge in [0.2, 0.25) is 0 Å². The lowest BCUT2D eigenvalue weighted by Crippen LogP contribution is -1.95. The van der Waals surface area contributed by atoms with Gasteiger partial charge in [-0.3, -0.25) is 0 Å². The van der Waals surface area contributed by atoms with Crippen molar-refractivity contribution >= 4 is 32.3 Å². The summed E-state index contributed by atoms with van der Waals surface area (Å²) in [5.41, 5.74) is 0. The molecule has 0 N–H and O–H groups in total. The second-order valence-corrected chi connectivity index (χ2v) is 6.76. The van der Waals surface area contributed by atoms with Gasteiger partial charge in [0.25, 0.3) is 0 Å². The van der Waals surface area contributed by atoms with Gasteiger partial charge in [-0.15, -0.1) is 0 Å². The maximum absolute atomic E-state index is 5.56. The van der Waals surface area contributed by atoms with Crippen LogP contribution in [0.5, 0.6) is 34.5 Å². The van der Waals surface area contributed by atoms with Crippen molar-refractivity contribution in [2.24, 2.45) is 0 Å². The van der Waals surface area contributed by atoms with Gasteiger partial charge in [0, 0.05) is 0 Å². The topological polar surface area (TPSA) is 55.4 Å². The van der Waals surface area contributed by atoms with Gasteiger partial charge >= 0.3 is 0 Å². The molecule has 0 heterocycles. The molecule has 4 aromatic carbocycles. The van der Waals surface area contributed by atoms with Crippen molar-refractivity contribution in [3.63, 3.8) is 0 Å². The lowest BCUT2D eigenvalue weighted by atomic mass is 9.93. The zero-order chi connectivity index (χ0) is 21.4. The highest BCUT2D eigenvalue weighted by atomic mass is 16.5. The monoisotopic (exact) mass is 408 g/mol. The second-order valence-electron chi connectivity index (χ2n) is 6.76. The van der Waals surface area contributed by atoms with Crippen LogP contribution in [0.15, 0.2) is 36.4 Å². The van der Waals surface area contributed by atoms with Crippen molar-refractivity contribution in [2.45, 2.75) is 0 Å². The molecule has 0 saturated heterocycles. The molecule has 0 amide bonds. The van der Waals surface area contributed by atoms with Crippen molar-refractivity contribution in [3.05, 3.63) is 36.4 Å². The van der Waals surface area contributed by atoms with E-state index in [1.165, 1.54) is 0 Å². The number of fused-ring (bicyclic) bond motifs is 6. The smallest absolute Gasteiger partial charge is 0.161 e. The van der Waals surface area contributed by atoms with Crippen LogP contribution in [-0.4, -0.2) is 42.7 Å². The van der Waals surface area contributed by atoms with Gasteiger partial charge in [-0.05, 0) is 68.7 Å². The van der Waals surface area contributed by atoms with Gasteiger partial charge in [0.05, 0.1) is 42.7 Å². The molecule has 156 valence electrons. The Kier molecular flexibility index (Phi) is 5.08. The normalized spacial score (nSPS) is 11.0. The van der Waals surface area contributed by atoms with Crippen LogP contribution in [0.1, 0.15) is 0 Å². The average molecular weight is 408 g/mol. The van der Waals surface area contributed by atoms with Crippen LogP contribution >= 0.6 is 0 Å². The Hall–Kier alpha value is -3.54. The van der Waals surface area contributed by atoms with E-state index in [0.29, 0.717) is 34.5 Å². The number of benzene rings is 4. The van der Waals surface area contributed by atoms with Crippen LogP contribution in [0.3, 0.4) is 0 Å². The summed E-state index contributed by atoms with van der Waals surface area (Å²) in [5.74, 6) is 3.92. The molecule has 0 unspecified atom stereocenters. The molecule has 0 radical (unpaired) electrons. The number of methoxy groups -OCH3 is 6. The second kappa shape index (κ2) is 7.71. The zero-order valence-corrected chi connectivity index (χ0v) is 17.9. The third kappa shape index (κ3) is 2.87. The van der Waals surface area contributed by atoms with Crippen LogP contribution in [-0.2, 0) is 0 Å². The summed E-state index contributed by atoms with van der Waals surface area (Å²) in [6.07, 6.45) is 0.